The summed E-state index contributed by atoms with van der Waals surface area (Å²) >= 11 is 0. The van der Waals surface area contributed by atoms with Crippen LogP contribution in [0.3, 0.4) is 0 Å². The zero-order chi connectivity index (χ0) is 11.5. The van der Waals surface area contributed by atoms with Gasteiger partial charge in [0.2, 0.25) is 0 Å². The normalized spacial score (nSPS) is 20.5. The van der Waals surface area contributed by atoms with Crippen LogP contribution in [0, 0.1) is 11.3 Å². The van der Waals surface area contributed by atoms with E-state index in [-0.39, 0.29) is 0 Å². The zero-order valence-electron chi connectivity index (χ0n) is 10.7. The number of carbonyl (C=O) groups excluding carboxylic acids is 1. The third-order valence-corrected chi connectivity index (χ3v) is 3.30. The predicted octanol–water partition coefficient (Wildman–Crippen LogP) is 2.72. The first kappa shape index (κ1) is 12.7. The van der Waals surface area contributed by atoms with Crippen molar-refractivity contribution in [1.82, 2.24) is 4.90 Å². The Hall–Kier alpha value is -0.370. The summed E-state index contributed by atoms with van der Waals surface area (Å²) in [6.07, 6.45) is 3.94. The van der Waals surface area contributed by atoms with E-state index in [0.717, 1.165) is 38.8 Å². The van der Waals surface area contributed by atoms with Gasteiger partial charge in [-0.2, -0.15) is 0 Å². The third kappa shape index (κ3) is 4.78. The van der Waals surface area contributed by atoms with Crippen LogP contribution in [0.1, 0.15) is 46.5 Å². The van der Waals surface area contributed by atoms with Crippen LogP contribution in [-0.2, 0) is 4.79 Å². The molecule has 1 rings (SSSR count). The standard InChI is InChI=1S/C13H25NO/c1-13(2,3)8-5-12(15)11-6-9-14(4)10-7-11/h11H,5-10H2,1-4H3. The van der Waals surface area contributed by atoms with Gasteiger partial charge in [0.1, 0.15) is 5.78 Å². The summed E-state index contributed by atoms with van der Waals surface area (Å²) in [7, 11) is 2.13. The SMILES string of the molecule is CN1CCC(C(=O)CCC(C)(C)C)CC1. The van der Waals surface area contributed by atoms with Crippen LogP contribution < -0.4 is 0 Å². The highest BCUT2D eigenvalue weighted by Crippen LogP contribution is 2.24. The molecule has 0 amide bonds. The number of carbonyl (C=O) groups is 1. The van der Waals surface area contributed by atoms with Crippen molar-refractivity contribution in [3.05, 3.63) is 0 Å². The number of piperidine rings is 1. The molecule has 0 radical (unpaired) electrons. The van der Waals surface area contributed by atoms with Crippen LogP contribution in [0.15, 0.2) is 0 Å². The number of ketones is 1. The highest BCUT2D eigenvalue weighted by Gasteiger charge is 2.24. The van der Waals surface area contributed by atoms with Crippen molar-refractivity contribution in [2.75, 3.05) is 20.1 Å². The summed E-state index contributed by atoms with van der Waals surface area (Å²) < 4.78 is 0. The maximum absolute atomic E-state index is 11.9. The van der Waals surface area contributed by atoms with Gasteiger partial charge in [-0.15, -0.1) is 0 Å². The molecule has 0 saturated carbocycles. The zero-order valence-corrected chi connectivity index (χ0v) is 10.7. The van der Waals surface area contributed by atoms with E-state index in [1.165, 1.54) is 0 Å². The van der Waals surface area contributed by atoms with Gasteiger partial charge in [0.25, 0.3) is 0 Å². The van der Waals surface area contributed by atoms with Crippen LogP contribution in [-0.4, -0.2) is 30.8 Å². The van der Waals surface area contributed by atoms with Crippen LogP contribution in [0.2, 0.25) is 0 Å². The quantitative estimate of drug-likeness (QED) is 0.715. The lowest BCUT2D eigenvalue weighted by molar-refractivity contribution is -0.124. The van der Waals surface area contributed by atoms with Gasteiger partial charge in [0.05, 0.1) is 0 Å². The minimum absolute atomic E-state index is 0.293. The number of Topliss-reactive ketones (excluding diaryl/α,β-unsaturated/α-hetero) is 1. The Labute approximate surface area is 94.0 Å². The van der Waals surface area contributed by atoms with Crippen molar-refractivity contribution in [3.63, 3.8) is 0 Å². The molecule has 0 unspecified atom stereocenters. The van der Waals surface area contributed by atoms with E-state index in [1.807, 2.05) is 0 Å². The predicted molar refractivity (Wildman–Crippen MR) is 63.9 cm³/mol. The van der Waals surface area contributed by atoms with E-state index in [1.54, 1.807) is 0 Å². The smallest absolute Gasteiger partial charge is 0.136 e. The highest BCUT2D eigenvalue weighted by atomic mass is 16.1. The molecule has 88 valence electrons. The van der Waals surface area contributed by atoms with E-state index in [9.17, 15) is 4.79 Å². The van der Waals surface area contributed by atoms with Gasteiger partial charge in [-0.3, -0.25) is 4.79 Å². The number of hydrogen-bond acceptors (Lipinski definition) is 2. The molecule has 15 heavy (non-hydrogen) atoms. The summed E-state index contributed by atoms with van der Waals surface area (Å²) in [4.78, 5) is 14.2. The van der Waals surface area contributed by atoms with Crippen LogP contribution >= 0.6 is 0 Å². The molecule has 0 bridgehead atoms. The van der Waals surface area contributed by atoms with E-state index in [2.05, 4.69) is 32.7 Å². The monoisotopic (exact) mass is 211 g/mol. The second-order valence-electron chi connectivity index (χ2n) is 6.10. The van der Waals surface area contributed by atoms with Gasteiger partial charge in [0, 0.05) is 12.3 Å². The average Bonchev–Trinajstić information content (AvgIpc) is 2.14. The molecule has 1 saturated heterocycles. The number of rotatable bonds is 3. The number of likely N-dealkylation sites (tertiary alicyclic amines) is 1. The minimum Gasteiger partial charge on any atom is -0.306 e. The molecule has 0 spiro atoms. The Kier molecular flexibility index (Phi) is 4.32. The Morgan fingerprint density at radius 1 is 1.27 bits per heavy atom. The lowest BCUT2D eigenvalue weighted by atomic mass is 9.84. The number of hydrogen-bond donors (Lipinski definition) is 0. The highest BCUT2D eigenvalue weighted by molar-refractivity contribution is 5.81. The molecule has 2 nitrogen and oxygen atoms in total. The van der Waals surface area contributed by atoms with Gasteiger partial charge in [-0.25, -0.2) is 0 Å². The topological polar surface area (TPSA) is 20.3 Å². The van der Waals surface area contributed by atoms with Crippen LogP contribution in [0.25, 0.3) is 0 Å². The number of nitrogens with zero attached hydrogens (tertiary/aromatic N) is 1. The Balaban J connectivity index is 2.29. The average molecular weight is 211 g/mol. The summed E-state index contributed by atoms with van der Waals surface area (Å²) in [6, 6.07) is 0. The van der Waals surface area contributed by atoms with Crippen molar-refractivity contribution < 1.29 is 4.79 Å². The van der Waals surface area contributed by atoms with E-state index in [4.69, 9.17) is 0 Å². The van der Waals surface area contributed by atoms with Gasteiger partial charge >= 0.3 is 0 Å². The second kappa shape index (κ2) is 5.11. The molecule has 1 aliphatic rings. The fraction of sp³-hybridized carbons (Fsp3) is 0.923. The van der Waals surface area contributed by atoms with Gasteiger partial charge in [-0.05, 0) is 44.8 Å². The Morgan fingerprint density at radius 2 is 1.80 bits per heavy atom. The molecular formula is C13H25NO. The molecule has 2 heteroatoms. The van der Waals surface area contributed by atoms with E-state index in [0.29, 0.717) is 17.1 Å². The summed E-state index contributed by atoms with van der Waals surface area (Å²) in [5.74, 6) is 0.849. The minimum atomic E-state index is 0.293. The van der Waals surface area contributed by atoms with Gasteiger partial charge < -0.3 is 4.90 Å². The first-order chi connectivity index (χ1) is 6.88. The maximum Gasteiger partial charge on any atom is 0.136 e. The summed E-state index contributed by atoms with van der Waals surface area (Å²) in [5.41, 5.74) is 0.293. The molecule has 1 heterocycles. The molecular weight excluding hydrogens is 186 g/mol. The van der Waals surface area contributed by atoms with Crippen molar-refractivity contribution in [2.45, 2.75) is 46.5 Å². The summed E-state index contributed by atoms with van der Waals surface area (Å²) in [5, 5.41) is 0. The molecule has 1 aliphatic heterocycles. The molecule has 0 aromatic rings. The fourth-order valence-electron chi connectivity index (χ4n) is 2.03. The summed E-state index contributed by atoms with van der Waals surface area (Å²) in [6.45, 7) is 8.79. The maximum atomic E-state index is 11.9. The van der Waals surface area contributed by atoms with E-state index < -0.39 is 0 Å². The van der Waals surface area contributed by atoms with Crippen molar-refractivity contribution in [2.24, 2.45) is 11.3 Å². The molecule has 0 aromatic carbocycles. The largest absolute Gasteiger partial charge is 0.306 e. The lowest BCUT2D eigenvalue weighted by Crippen LogP contribution is -2.33. The molecule has 0 atom stereocenters. The van der Waals surface area contributed by atoms with Crippen molar-refractivity contribution in [3.8, 4) is 0 Å². The molecule has 1 fully saturated rings. The lowest BCUT2D eigenvalue weighted by Gasteiger charge is -2.28. The van der Waals surface area contributed by atoms with Crippen LogP contribution in [0.5, 0.6) is 0 Å². The molecule has 0 aliphatic carbocycles. The molecule has 0 N–H and O–H groups in total. The second-order valence-corrected chi connectivity index (χ2v) is 6.10. The van der Waals surface area contributed by atoms with Gasteiger partial charge in [0.15, 0.2) is 0 Å². The van der Waals surface area contributed by atoms with Crippen molar-refractivity contribution >= 4 is 5.78 Å². The first-order valence-electron chi connectivity index (χ1n) is 6.10. The van der Waals surface area contributed by atoms with Crippen molar-refractivity contribution in [1.29, 1.82) is 0 Å². The van der Waals surface area contributed by atoms with Gasteiger partial charge in [-0.1, -0.05) is 20.8 Å². The third-order valence-electron chi connectivity index (χ3n) is 3.30. The Morgan fingerprint density at radius 3 is 2.27 bits per heavy atom. The van der Waals surface area contributed by atoms with E-state index >= 15 is 0 Å². The first-order valence-corrected chi connectivity index (χ1v) is 6.10. The van der Waals surface area contributed by atoms with Crippen LogP contribution in [0.4, 0.5) is 0 Å². The molecule has 0 aromatic heterocycles. The fourth-order valence-corrected chi connectivity index (χ4v) is 2.03. The Bertz CT molecular complexity index is 209.